The van der Waals surface area contributed by atoms with Gasteiger partial charge in [-0.05, 0) is 32.1 Å². The van der Waals surface area contributed by atoms with Crippen molar-refractivity contribution in [1.29, 1.82) is 0 Å². The second-order valence-electron chi connectivity index (χ2n) is 5.26. The molecule has 1 aromatic heterocycles. The average Bonchev–Trinajstić information content (AvgIpc) is 3.05. The van der Waals surface area contributed by atoms with Crippen molar-refractivity contribution < 1.29 is 9.84 Å². The molecule has 1 fully saturated rings. The molecule has 2 unspecified atom stereocenters. The lowest BCUT2D eigenvalue weighted by molar-refractivity contribution is 0.0930. The first kappa shape index (κ1) is 14.5. The summed E-state index contributed by atoms with van der Waals surface area (Å²) in [4.78, 5) is 0. The fourth-order valence-electron chi connectivity index (χ4n) is 2.92. The van der Waals surface area contributed by atoms with Crippen LogP contribution >= 0.6 is 0 Å². The van der Waals surface area contributed by atoms with E-state index in [1.54, 1.807) is 0 Å². The summed E-state index contributed by atoms with van der Waals surface area (Å²) in [6, 6.07) is 0. The van der Waals surface area contributed by atoms with Gasteiger partial charge in [0, 0.05) is 17.9 Å². The standard InChI is InChI=1S/C15H26N2O2/c1-4-12-15(14(18)6-3)13(5-2)17(16-12)10-11-8-7-9-19-11/h11,14,18H,4-10H2,1-3H3. The van der Waals surface area contributed by atoms with E-state index < -0.39 is 0 Å². The molecule has 0 amide bonds. The Morgan fingerprint density at radius 3 is 2.68 bits per heavy atom. The molecule has 2 atom stereocenters. The molecule has 1 saturated heterocycles. The lowest BCUT2D eigenvalue weighted by Gasteiger charge is -2.14. The summed E-state index contributed by atoms with van der Waals surface area (Å²) in [5.41, 5.74) is 3.29. The fourth-order valence-corrected chi connectivity index (χ4v) is 2.92. The normalized spacial score (nSPS) is 20.9. The van der Waals surface area contributed by atoms with Gasteiger partial charge < -0.3 is 9.84 Å². The van der Waals surface area contributed by atoms with Gasteiger partial charge in [-0.15, -0.1) is 0 Å². The minimum absolute atomic E-state index is 0.293. The smallest absolute Gasteiger partial charge is 0.0823 e. The van der Waals surface area contributed by atoms with Gasteiger partial charge in [-0.25, -0.2) is 0 Å². The first-order valence-electron chi connectivity index (χ1n) is 7.59. The predicted molar refractivity (Wildman–Crippen MR) is 75.2 cm³/mol. The van der Waals surface area contributed by atoms with Crippen LogP contribution in [0.1, 0.15) is 63.1 Å². The van der Waals surface area contributed by atoms with E-state index in [9.17, 15) is 5.11 Å². The van der Waals surface area contributed by atoms with Crippen LogP contribution in [0, 0.1) is 0 Å². The van der Waals surface area contributed by atoms with Gasteiger partial charge in [0.2, 0.25) is 0 Å². The Kier molecular flexibility index (Phi) is 4.99. The first-order valence-corrected chi connectivity index (χ1v) is 7.59. The Labute approximate surface area is 115 Å². The topological polar surface area (TPSA) is 47.3 Å². The molecule has 1 aliphatic heterocycles. The highest BCUT2D eigenvalue weighted by atomic mass is 16.5. The van der Waals surface area contributed by atoms with Crippen LogP contribution in [0.5, 0.6) is 0 Å². The highest BCUT2D eigenvalue weighted by Gasteiger charge is 2.23. The Morgan fingerprint density at radius 1 is 1.37 bits per heavy atom. The van der Waals surface area contributed by atoms with Crippen molar-refractivity contribution in [2.45, 2.75) is 71.6 Å². The monoisotopic (exact) mass is 266 g/mol. The minimum Gasteiger partial charge on any atom is -0.388 e. The van der Waals surface area contributed by atoms with Crippen molar-refractivity contribution in [2.75, 3.05) is 6.61 Å². The maximum atomic E-state index is 10.2. The largest absolute Gasteiger partial charge is 0.388 e. The number of aliphatic hydroxyl groups excluding tert-OH is 1. The van der Waals surface area contributed by atoms with Crippen molar-refractivity contribution >= 4 is 0 Å². The van der Waals surface area contributed by atoms with E-state index >= 15 is 0 Å². The van der Waals surface area contributed by atoms with Gasteiger partial charge in [0.15, 0.2) is 0 Å². The zero-order valence-electron chi connectivity index (χ0n) is 12.4. The third kappa shape index (κ3) is 3.00. The number of nitrogens with zero attached hydrogens (tertiary/aromatic N) is 2. The fraction of sp³-hybridized carbons (Fsp3) is 0.800. The number of hydrogen-bond acceptors (Lipinski definition) is 3. The molecular weight excluding hydrogens is 240 g/mol. The Hall–Kier alpha value is -0.870. The maximum Gasteiger partial charge on any atom is 0.0823 e. The van der Waals surface area contributed by atoms with Crippen molar-refractivity contribution in [2.24, 2.45) is 0 Å². The molecule has 19 heavy (non-hydrogen) atoms. The maximum absolute atomic E-state index is 10.2. The predicted octanol–water partition coefficient (Wildman–Crippen LogP) is 2.63. The average molecular weight is 266 g/mol. The van der Waals surface area contributed by atoms with E-state index in [0.29, 0.717) is 6.10 Å². The second kappa shape index (κ2) is 6.53. The number of aliphatic hydroxyl groups is 1. The molecule has 0 radical (unpaired) electrons. The number of aromatic nitrogens is 2. The molecule has 1 aliphatic rings. The Bertz CT molecular complexity index is 409. The van der Waals surface area contributed by atoms with Gasteiger partial charge in [0.1, 0.15) is 0 Å². The van der Waals surface area contributed by atoms with Gasteiger partial charge in [-0.1, -0.05) is 20.8 Å². The van der Waals surface area contributed by atoms with Crippen LogP contribution in [0.15, 0.2) is 0 Å². The molecule has 2 heterocycles. The third-order valence-corrected chi connectivity index (χ3v) is 3.97. The van der Waals surface area contributed by atoms with Crippen molar-refractivity contribution in [3.63, 3.8) is 0 Å². The molecule has 4 heteroatoms. The summed E-state index contributed by atoms with van der Waals surface area (Å²) in [6.07, 6.45) is 4.70. The summed E-state index contributed by atoms with van der Waals surface area (Å²) in [5, 5.41) is 15.0. The molecule has 0 bridgehead atoms. The van der Waals surface area contributed by atoms with E-state index in [-0.39, 0.29) is 6.10 Å². The van der Waals surface area contributed by atoms with Crippen LogP contribution in [0.4, 0.5) is 0 Å². The highest BCUT2D eigenvalue weighted by molar-refractivity contribution is 5.29. The van der Waals surface area contributed by atoms with Crippen LogP contribution in [0.3, 0.4) is 0 Å². The minimum atomic E-state index is -0.386. The number of hydrogen-bond donors (Lipinski definition) is 1. The van der Waals surface area contributed by atoms with E-state index in [4.69, 9.17) is 9.84 Å². The molecule has 0 aromatic carbocycles. The summed E-state index contributed by atoms with van der Waals surface area (Å²) in [6.45, 7) is 7.95. The van der Waals surface area contributed by atoms with Crippen molar-refractivity contribution in [3.05, 3.63) is 17.0 Å². The summed E-state index contributed by atoms with van der Waals surface area (Å²) < 4.78 is 7.78. The van der Waals surface area contributed by atoms with Crippen LogP contribution in [-0.2, 0) is 24.1 Å². The van der Waals surface area contributed by atoms with Crippen molar-refractivity contribution in [3.8, 4) is 0 Å². The van der Waals surface area contributed by atoms with Crippen LogP contribution in [0.25, 0.3) is 0 Å². The molecule has 0 spiro atoms. The molecule has 0 saturated carbocycles. The molecule has 4 nitrogen and oxygen atoms in total. The van der Waals surface area contributed by atoms with Crippen LogP contribution < -0.4 is 0 Å². The van der Waals surface area contributed by atoms with Gasteiger partial charge in [-0.2, -0.15) is 5.10 Å². The van der Waals surface area contributed by atoms with E-state index in [1.807, 2.05) is 6.92 Å². The number of ether oxygens (including phenoxy) is 1. The van der Waals surface area contributed by atoms with Gasteiger partial charge in [-0.3, -0.25) is 4.68 Å². The molecule has 2 rings (SSSR count). The van der Waals surface area contributed by atoms with Gasteiger partial charge >= 0.3 is 0 Å². The van der Waals surface area contributed by atoms with Crippen molar-refractivity contribution in [1.82, 2.24) is 9.78 Å². The summed E-state index contributed by atoms with van der Waals surface area (Å²) >= 11 is 0. The SMILES string of the molecule is CCc1nn(CC2CCCO2)c(CC)c1C(O)CC. The third-order valence-electron chi connectivity index (χ3n) is 3.97. The molecule has 108 valence electrons. The molecule has 0 aliphatic carbocycles. The summed E-state index contributed by atoms with van der Waals surface area (Å²) in [7, 11) is 0. The molecule has 1 aromatic rings. The zero-order chi connectivity index (χ0) is 13.8. The Morgan fingerprint density at radius 2 is 2.16 bits per heavy atom. The van der Waals surface area contributed by atoms with Gasteiger partial charge in [0.25, 0.3) is 0 Å². The lowest BCUT2D eigenvalue weighted by atomic mass is 10.0. The zero-order valence-corrected chi connectivity index (χ0v) is 12.4. The first-order chi connectivity index (χ1) is 9.21. The lowest BCUT2D eigenvalue weighted by Crippen LogP contribution is -2.18. The highest BCUT2D eigenvalue weighted by Crippen LogP contribution is 2.27. The summed E-state index contributed by atoms with van der Waals surface area (Å²) in [5.74, 6) is 0. The molecule has 1 N–H and O–H groups in total. The van der Waals surface area contributed by atoms with E-state index in [0.717, 1.165) is 56.5 Å². The second-order valence-corrected chi connectivity index (χ2v) is 5.26. The van der Waals surface area contributed by atoms with Gasteiger partial charge in [0.05, 0.1) is 24.4 Å². The van der Waals surface area contributed by atoms with Crippen LogP contribution in [-0.4, -0.2) is 27.6 Å². The number of aryl methyl sites for hydroxylation is 1. The molecular formula is C15H26N2O2. The van der Waals surface area contributed by atoms with E-state index in [2.05, 4.69) is 18.5 Å². The van der Waals surface area contributed by atoms with Crippen LogP contribution in [0.2, 0.25) is 0 Å². The quantitative estimate of drug-likeness (QED) is 0.861. The Balaban J connectivity index is 2.29. The van der Waals surface area contributed by atoms with E-state index in [1.165, 1.54) is 5.69 Å². The number of rotatable bonds is 6.